The summed E-state index contributed by atoms with van der Waals surface area (Å²) < 4.78 is 66.5. The SMILES string of the molecule is COc1cc2c(Oc3ccc(CC(=O)c4c5c(cn(-c6ccc(F)cc6)c4=O)CCO5)cc3F)ccnc2cc1OCCCN1CC(F)C1. The third-order valence-corrected chi connectivity index (χ3v) is 8.59. The predicted octanol–water partition coefficient (Wildman–Crippen LogP) is 6.25. The van der Waals surface area contributed by atoms with E-state index in [0.29, 0.717) is 77.7 Å². The molecule has 2 aliphatic heterocycles. The van der Waals surface area contributed by atoms with Gasteiger partial charge in [0.25, 0.3) is 5.56 Å². The molecule has 5 aromatic rings. The Morgan fingerprint density at radius 3 is 2.57 bits per heavy atom. The van der Waals surface area contributed by atoms with Gasteiger partial charge in [0.1, 0.15) is 29.1 Å². The Labute approximate surface area is 279 Å². The largest absolute Gasteiger partial charge is 0.493 e. The van der Waals surface area contributed by atoms with Gasteiger partial charge in [-0.05, 0) is 60.5 Å². The molecule has 3 aromatic carbocycles. The van der Waals surface area contributed by atoms with E-state index < -0.39 is 29.1 Å². The van der Waals surface area contributed by atoms with E-state index in [1.165, 1.54) is 54.3 Å². The summed E-state index contributed by atoms with van der Waals surface area (Å²) >= 11 is 0. The average Bonchev–Trinajstić information content (AvgIpc) is 3.55. The number of rotatable bonds is 12. The van der Waals surface area contributed by atoms with Crippen LogP contribution in [0.15, 0.2) is 77.9 Å². The first kappa shape index (κ1) is 32.2. The molecule has 0 spiro atoms. The number of aromatic nitrogens is 2. The lowest BCUT2D eigenvalue weighted by Gasteiger charge is -2.34. The first-order chi connectivity index (χ1) is 23.8. The molecule has 9 nitrogen and oxygen atoms in total. The van der Waals surface area contributed by atoms with Crippen LogP contribution >= 0.6 is 0 Å². The summed E-state index contributed by atoms with van der Waals surface area (Å²) in [5, 5.41) is 0.565. The minimum atomic E-state index is -0.743. The maximum Gasteiger partial charge on any atom is 0.269 e. The number of Topliss-reactive ketones (excluding diaryl/α,β-unsaturated/α-hetero) is 1. The number of nitrogens with zero attached hydrogens (tertiary/aromatic N) is 3. The number of hydrogen-bond acceptors (Lipinski definition) is 8. The number of carbonyl (C=O) groups excluding carboxylic acids is 1. The van der Waals surface area contributed by atoms with Gasteiger partial charge in [0.2, 0.25) is 0 Å². The Bertz CT molecular complexity index is 2100. The van der Waals surface area contributed by atoms with Gasteiger partial charge in [-0.3, -0.25) is 24.0 Å². The highest BCUT2D eigenvalue weighted by molar-refractivity contribution is 6.00. The summed E-state index contributed by atoms with van der Waals surface area (Å²) in [6.45, 7) is 2.39. The molecule has 2 aromatic heterocycles. The van der Waals surface area contributed by atoms with Gasteiger partial charge < -0.3 is 18.9 Å². The van der Waals surface area contributed by atoms with Gasteiger partial charge >= 0.3 is 0 Å². The number of likely N-dealkylation sites (tertiary alicyclic amines) is 1. The van der Waals surface area contributed by atoms with Gasteiger partial charge in [-0.2, -0.15) is 0 Å². The normalized spacial score (nSPS) is 14.3. The van der Waals surface area contributed by atoms with Gasteiger partial charge in [-0.1, -0.05) is 6.07 Å². The van der Waals surface area contributed by atoms with E-state index >= 15 is 4.39 Å². The molecular weight excluding hydrogens is 639 g/mol. The maximum absolute atomic E-state index is 15.5. The molecule has 0 radical (unpaired) electrons. The fraction of sp³-hybridized carbons (Fsp3) is 0.270. The molecule has 0 aliphatic carbocycles. The van der Waals surface area contributed by atoms with Crippen molar-refractivity contribution in [2.45, 2.75) is 25.4 Å². The molecule has 1 saturated heterocycles. The molecule has 0 atom stereocenters. The zero-order valence-electron chi connectivity index (χ0n) is 26.6. The van der Waals surface area contributed by atoms with Crippen molar-refractivity contribution in [2.75, 3.05) is 40.0 Å². The van der Waals surface area contributed by atoms with E-state index in [4.69, 9.17) is 18.9 Å². The molecule has 0 bridgehead atoms. The van der Waals surface area contributed by atoms with Crippen LogP contribution in [0, 0.1) is 11.6 Å². The van der Waals surface area contributed by atoms with Gasteiger partial charge in [-0.25, -0.2) is 13.2 Å². The molecule has 0 N–H and O–H groups in total. The van der Waals surface area contributed by atoms with E-state index in [2.05, 4.69) is 4.98 Å². The molecule has 4 heterocycles. The van der Waals surface area contributed by atoms with Crippen molar-refractivity contribution in [3.63, 3.8) is 0 Å². The van der Waals surface area contributed by atoms with Crippen molar-refractivity contribution < 1.29 is 36.9 Å². The molecule has 0 saturated carbocycles. The molecule has 49 heavy (non-hydrogen) atoms. The van der Waals surface area contributed by atoms with Crippen LogP contribution in [0.5, 0.6) is 28.7 Å². The topological polar surface area (TPSA) is 92.1 Å². The van der Waals surface area contributed by atoms with Crippen molar-refractivity contribution in [1.29, 1.82) is 0 Å². The number of benzene rings is 3. The quantitative estimate of drug-likeness (QED) is 0.114. The molecule has 1 fully saturated rings. The van der Waals surface area contributed by atoms with Crippen LogP contribution in [-0.4, -0.2) is 66.4 Å². The monoisotopic (exact) mass is 671 g/mol. The second-order valence-electron chi connectivity index (χ2n) is 12.0. The Hall–Kier alpha value is -5.36. The van der Waals surface area contributed by atoms with Gasteiger partial charge in [0.15, 0.2) is 28.8 Å². The molecule has 12 heteroatoms. The van der Waals surface area contributed by atoms with Gasteiger partial charge in [-0.15, -0.1) is 0 Å². The highest BCUT2D eigenvalue weighted by Crippen LogP contribution is 2.38. The van der Waals surface area contributed by atoms with Crippen LogP contribution in [0.4, 0.5) is 13.2 Å². The second kappa shape index (κ2) is 13.6. The average molecular weight is 672 g/mol. The lowest BCUT2D eigenvalue weighted by molar-refractivity contribution is 0.0611. The van der Waals surface area contributed by atoms with Gasteiger partial charge in [0.05, 0.1) is 25.8 Å². The number of pyridine rings is 2. The maximum atomic E-state index is 15.5. The lowest BCUT2D eigenvalue weighted by atomic mass is 10.0. The minimum absolute atomic E-state index is 0.0768. The second-order valence-corrected chi connectivity index (χ2v) is 12.0. The number of alkyl halides is 1. The van der Waals surface area contributed by atoms with Crippen molar-refractivity contribution in [1.82, 2.24) is 14.5 Å². The summed E-state index contributed by atoms with van der Waals surface area (Å²) in [5.74, 6) is -0.277. The Kier molecular flexibility index (Phi) is 8.96. The molecule has 2 aliphatic rings. The third kappa shape index (κ3) is 6.68. The summed E-state index contributed by atoms with van der Waals surface area (Å²) in [6.07, 6.45) is 3.36. The lowest BCUT2D eigenvalue weighted by Crippen LogP contribution is -2.48. The van der Waals surface area contributed by atoms with Crippen molar-refractivity contribution in [2.24, 2.45) is 0 Å². The van der Waals surface area contributed by atoms with Crippen molar-refractivity contribution in [3.05, 3.63) is 112 Å². The van der Waals surface area contributed by atoms with Crippen LogP contribution in [0.2, 0.25) is 0 Å². The zero-order chi connectivity index (χ0) is 34.1. The van der Waals surface area contributed by atoms with Crippen LogP contribution < -0.4 is 24.5 Å². The fourth-order valence-corrected chi connectivity index (χ4v) is 6.08. The van der Waals surface area contributed by atoms with E-state index in [-0.39, 0.29) is 23.5 Å². The van der Waals surface area contributed by atoms with Crippen LogP contribution in [0.25, 0.3) is 16.6 Å². The van der Waals surface area contributed by atoms with Crippen LogP contribution in [-0.2, 0) is 12.8 Å². The molecular formula is C37H32F3N3O6. The molecule has 0 unspecified atom stereocenters. The number of ether oxygens (including phenoxy) is 4. The number of carbonyl (C=O) groups is 1. The van der Waals surface area contributed by atoms with E-state index in [1.807, 2.05) is 4.90 Å². The first-order valence-corrected chi connectivity index (χ1v) is 15.9. The first-order valence-electron chi connectivity index (χ1n) is 15.9. The number of halogens is 3. The van der Waals surface area contributed by atoms with Crippen molar-refractivity contribution >= 4 is 16.7 Å². The Morgan fingerprint density at radius 2 is 1.82 bits per heavy atom. The zero-order valence-corrected chi connectivity index (χ0v) is 26.6. The Balaban J connectivity index is 1.08. The molecule has 0 amide bonds. The minimum Gasteiger partial charge on any atom is -0.493 e. The number of methoxy groups -OCH3 is 1. The summed E-state index contributed by atoms with van der Waals surface area (Å²) in [5.41, 5.74) is 1.23. The standard InChI is InChI=1S/C37H32F3N3O6/c1-46-33-17-27-29(18-34(33)47-13-2-12-42-20-25(39)21-42)41-11-9-31(27)49-32-8-3-22(15-28(32)40)16-30(44)35-36-23(10-14-48-36)19-43(37(35)45)26-6-4-24(38)5-7-26/h3-9,11,15,17-19,25H,2,10,12-14,16,20-21H2,1H3. The predicted molar refractivity (Wildman–Crippen MR) is 175 cm³/mol. The third-order valence-electron chi connectivity index (χ3n) is 8.59. The fourth-order valence-electron chi connectivity index (χ4n) is 6.08. The highest BCUT2D eigenvalue weighted by atomic mass is 19.1. The smallest absolute Gasteiger partial charge is 0.269 e. The van der Waals surface area contributed by atoms with Gasteiger partial charge in [0, 0.05) is 67.6 Å². The van der Waals surface area contributed by atoms with Crippen LogP contribution in [0.1, 0.15) is 27.9 Å². The van der Waals surface area contributed by atoms with E-state index in [0.717, 1.165) is 13.0 Å². The number of hydrogen-bond donors (Lipinski definition) is 0. The highest BCUT2D eigenvalue weighted by Gasteiger charge is 2.28. The van der Waals surface area contributed by atoms with E-state index in [9.17, 15) is 18.4 Å². The number of ketones is 1. The Morgan fingerprint density at radius 1 is 1.00 bits per heavy atom. The summed E-state index contributed by atoms with van der Waals surface area (Å²) in [7, 11) is 1.51. The van der Waals surface area contributed by atoms with E-state index in [1.54, 1.807) is 30.5 Å². The molecule has 7 rings (SSSR count). The van der Waals surface area contributed by atoms with Crippen LogP contribution in [0.3, 0.4) is 0 Å². The summed E-state index contributed by atoms with van der Waals surface area (Å²) in [6, 6.07) is 14.6. The molecule has 252 valence electrons. The summed E-state index contributed by atoms with van der Waals surface area (Å²) in [4.78, 5) is 33.5. The van der Waals surface area contributed by atoms with Crippen molar-refractivity contribution in [3.8, 4) is 34.4 Å². The number of fused-ring (bicyclic) bond motifs is 2.